The van der Waals surface area contributed by atoms with Crippen LogP contribution in [0.1, 0.15) is 24.5 Å². The Kier molecular flexibility index (Phi) is 11.0. The largest absolute Gasteiger partial charge is 0.489 e. The van der Waals surface area contributed by atoms with Gasteiger partial charge in [-0.1, -0.05) is 42.5 Å². The third-order valence-electron chi connectivity index (χ3n) is 4.14. The third kappa shape index (κ3) is 10.5. The molecule has 0 saturated heterocycles. The molecule has 2 N–H and O–H groups in total. The summed E-state index contributed by atoms with van der Waals surface area (Å²) in [5, 5.41) is 6.46. The van der Waals surface area contributed by atoms with E-state index in [1.54, 1.807) is 7.05 Å². The van der Waals surface area contributed by atoms with Crippen molar-refractivity contribution in [2.24, 2.45) is 4.99 Å². The molecule has 0 aromatic heterocycles. The van der Waals surface area contributed by atoms with Gasteiger partial charge >= 0.3 is 0 Å². The highest BCUT2D eigenvalue weighted by Gasteiger charge is 2.09. The molecule has 8 heteroatoms. The van der Waals surface area contributed by atoms with E-state index in [1.807, 2.05) is 61.5 Å². The van der Waals surface area contributed by atoms with Crippen molar-refractivity contribution in [1.82, 2.24) is 10.6 Å². The van der Waals surface area contributed by atoms with Crippen LogP contribution in [0.3, 0.4) is 0 Å². The number of benzene rings is 2. The van der Waals surface area contributed by atoms with Crippen LogP contribution in [0.15, 0.2) is 59.6 Å². The standard InChI is InChI=1S/C21H29N3O3S.HI/c1-17(12-13-28(3,25)26)24-21(22-2)23-15-19-10-7-11-20(14-19)27-16-18-8-5-4-6-9-18;/h4-11,14,17H,12-13,15-16H2,1-3H3,(H2,22,23,24);1H. The van der Waals surface area contributed by atoms with E-state index < -0.39 is 9.84 Å². The second-order valence-corrected chi connectivity index (χ2v) is 9.07. The van der Waals surface area contributed by atoms with Gasteiger partial charge in [0, 0.05) is 25.9 Å². The lowest BCUT2D eigenvalue weighted by atomic mass is 10.2. The maximum Gasteiger partial charge on any atom is 0.191 e. The van der Waals surface area contributed by atoms with Crippen LogP contribution in [0.4, 0.5) is 0 Å². The van der Waals surface area contributed by atoms with Crippen LogP contribution in [-0.2, 0) is 23.0 Å². The van der Waals surface area contributed by atoms with Gasteiger partial charge in [-0.2, -0.15) is 0 Å². The predicted octanol–water partition coefficient (Wildman–Crippen LogP) is 3.37. The Hall–Kier alpha value is -1.81. The van der Waals surface area contributed by atoms with E-state index in [1.165, 1.54) is 6.26 Å². The number of ether oxygens (including phenoxy) is 1. The Labute approximate surface area is 191 Å². The molecule has 0 saturated carbocycles. The highest BCUT2D eigenvalue weighted by molar-refractivity contribution is 14.0. The minimum Gasteiger partial charge on any atom is -0.489 e. The van der Waals surface area contributed by atoms with E-state index in [9.17, 15) is 8.42 Å². The van der Waals surface area contributed by atoms with Gasteiger partial charge < -0.3 is 15.4 Å². The monoisotopic (exact) mass is 531 g/mol. The van der Waals surface area contributed by atoms with Crippen LogP contribution < -0.4 is 15.4 Å². The number of hydrogen-bond acceptors (Lipinski definition) is 4. The van der Waals surface area contributed by atoms with E-state index in [4.69, 9.17) is 4.74 Å². The lowest BCUT2D eigenvalue weighted by Gasteiger charge is -2.18. The lowest BCUT2D eigenvalue weighted by Crippen LogP contribution is -2.42. The summed E-state index contributed by atoms with van der Waals surface area (Å²) in [5.41, 5.74) is 2.19. The van der Waals surface area contributed by atoms with Gasteiger partial charge in [0.2, 0.25) is 0 Å². The molecule has 2 rings (SSSR count). The van der Waals surface area contributed by atoms with Crippen molar-refractivity contribution in [2.75, 3.05) is 19.1 Å². The van der Waals surface area contributed by atoms with Crippen molar-refractivity contribution in [3.8, 4) is 5.75 Å². The van der Waals surface area contributed by atoms with Crippen molar-refractivity contribution in [3.05, 3.63) is 65.7 Å². The molecule has 0 amide bonds. The molecule has 0 aliphatic rings. The summed E-state index contributed by atoms with van der Waals surface area (Å²) >= 11 is 0. The number of aliphatic imine (C=N–C) groups is 1. The van der Waals surface area contributed by atoms with E-state index in [0.29, 0.717) is 25.5 Å². The topological polar surface area (TPSA) is 79.8 Å². The summed E-state index contributed by atoms with van der Waals surface area (Å²) in [7, 11) is -1.27. The minimum atomic E-state index is -2.96. The maximum atomic E-state index is 11.3. The first-order chi connectivity index (χ1) is 13.4. The fourth-order valence-corrected chi connectivity index (χ4v) is 3.34. The van der Waals surface area contributed by atoms with Gasteiger partial charge in [-0.25, -0.2) is 8.42 Å². The second-order valence-electron chi connectivity index (χ2n) is 6.81. The molecule has 0 radical (unpaired) electrons. The van der Waals surface area contributed by atoms with Crippen LogP contribution in [-0.4, -0.2) is 39.5 Å². The zero-order valence-electron chi connectivity index (χ0n) is 17.1. The molecular weight excluding hydrogens is 501 g/mol. The van der Waals surface area contributed by atoms with Crippen molar-refractivity contribution in [1.29, 1.82) is 0 Å². The second kappa shape index (κ2) is 12.7. The fourth-order valence-electron chi connectivity index (χ4n) is 2.56. The first kappa shape index (κ1) is 25.2. The van der Waals surface area contributed by atoms with Gasteiger partial charge in [0.25, 0.3) is 0 Å². The summed E-state index contributed by atoms with van der Waals surface area (Å²) in [4.78, 5) is 4.20. The summed E-state index contributed by atoms with van der Waals surface area (Å²) in [6.07, 6.45) is 1.78. The molecule has 0 aliphatic carbocycles. The van der Waals surface area contributed by atoms with Gasteiger partial charge in [-0.05, 0) is 36.6 Å². The Balaban J connectivity index is 0.00000420. The Morgan fingerprint density at radius 3 is 2.45 bits per heavy atom. The highest BCUT2D eigenvalue weighted by atomic mass is 127. The van der Waals surface area contributed by atoms with E-state index >= 15 is 0 Å². The molecule has 1 unspecified atom stereocenters. The number of nitrogens with zero attached hydrogens (tertiary/aromatic N) is 1. The van der Waals surface area contributed by atoms with E-state index in [0.717, 1.165) is 16.9 Å². The molecule has 0 aliphatic heterocycles. The average Bonchev–Trinajstić information content (AvgIpc) is 2.68. The van der Waals surface area contributed by atoms with Crippen LogP contribution in [0, 0.1) is 0 Å². The van der Waals surface area contributed by atoms with Crippen LogP contribution in [0.5, 0.6) is 5.75 Å². The first-order valence-corrected chi connectivity index (χ1v) is 11.3. The average molecular weight is 531 g/mol. The van der Waals surface area contributed by atoms with Crippen molar-refractivity contribution >= 4 is 39.8 Å². The summed E-state index contributed by atoms with van der Waals surface area (Å²) in [5.74, 6) is 1.60. The SMILES string of the molecule is CN=C(NCc1cccc(OCc2ccccc2)c1)NC(C)CCS(C)(=O)=O.I. The molecule has 29 heavy (non-hydrogen) atoms. The lowest BCUT2D eigenvalue weighted by molar-refractivity contribution is 0.306. The zero-order valence-corrected chi connectivity index (χ0v) is 20.2. The predicted molar refractivity (Wildman–Crippen MR) is 130 cm³/mol. The van der Waals surface area contributed by atoms with Gasteiger partial charge in [0.05, 0.1) is 5.75 Å². The highest BCUT2D eigenvalue weighted by Crippen LogP contribution is 2.15. The Bertz CT molecular complexity index is 874. The molecule has 6 nitrogen and oxygen atoms in total. The number of sulfone groups is 1. The molecule has 2 aromatic rings. The van der Waals surface area contributed by atoms with Gasteiger partial charge in [0.1, 0.15) is 22.2 Å². The van der Waals surface area contributed by atoms with Crippen LogP contribution in [0.2, 0.25) is 0 Å². The number of rotatable bonds is 9. The maximum absolute atomic E-state index is 11.3. The number of guanidine groups is 1. The fraction of sp³-hybridized carbons (Fsp3) is 0.381. The smallest absolute Gasteiger partial charge is 0.191 e. The molecule has 160 valence electrons. The van der Waals surface area contributed by atoms with Crippen molar-refractivity contribution < 1.29 is 13.2 Å². The normalized spacial score (nSPS) is 12.6. The first-order valence-electron chi connectivity index (χ1n) is 9.26. The van der Waals surface area contributed by atoms with Crippen LogP contribution >= 0.6 is 24.0 Å². The third-order valence-corrected chi connectivity index (χ3v) is 5.11. The minimum absolute atomic E-state index is 0. The molecule has 2 aromatic carbocycles. The quantitative estimate of drug-likeness (QED) is 0.295. The molecule has 0 heterocycles. The summed E-state index contributed by atoms with van der Waals surface area (Å²) in [6, 6.07) is 18.0. The van der Waals surface area contributed by atoms with Crippen molar-refractivity contribution in [2.45, 2.75) is 32.5 Å². The van der Waals surface area contributed by atoms with Gasteiger partial charge in [-0.15, -0.1) is 24.0 Å². The Morgan fingerprint density at radius 2 is 1.79 bits per heavy atom. The van der Waals surface area contributed by atoms with Crippen LogP contribution in [0.25, 0.3) is 0 Å². The zero-order chi connectivity index (χ0) is 20.4. The molecular formula is C21H30IN3O3S. The molecule has 0 spiro atoms. The van der Waals surface area contributed by atoms with Gasteiger partial charge in [-0.3, -0.25) is 4.99 Å². The number of nitrogens with one attached hydrogen (secondary N) is 2. The number of hydrogen-bond donors (Lipinski definition) is 2. The molecule has 1 atom stereocenters. The molecule has 0 bridgehead atoms. The van der Waals surface area contributed by atoms with Crippen molar-refractivity contribution in [3.63, 3.8) is 0 Å². The number of halogens is 1. The van der Waals surface area contributed by atoms with Gasteiger partial charge in [0.15, 0.2) is 5.96 Å². The molecule has 0 fully saturated rings. The summed E-state index contributed by atoms with van der Waals surface area (Å²) in [6.45, 7) is 3.05. The Morgan fingerprint density at radius 1 is 1.10 bits per heavy atom. The summed E-state index contributed by atoms with van der Waals surface area (Å²) < 4.78 is 28.4. The van der Waals surface area contributed by atoms with E-state index in [2.05, 4.69) is 15.6 Å². The van der Waals surface area contributed by atoms with E-state index in [-0.39, 0.29) is 35.8 Å².